The number of nitrogens with one attached hydrogen (secondary N) is 1. The third-order valence-electron chi connectivity index (χ3n) is 4.58. The van der Waals surface area contributed by atoms with Crippen LogP contribution in [0.15, 0.2) is 36.4 Å². The summed E-state index contributed by atoms with van der Waals surface area (Å²) < 4.78 is 17.3. The van der Waals surface area contributed by atoms with Crippen LogP contribution >= 0.6 is 11.6 Å². The number of fused-ring (bicyclic) bond motifs is 2. The van der Waals surface area contributed by atoms with Crippen LogP contribution in [0.2, 0.25) is 5.02 Å². The second-order valence-corrected chi connectivity index (χ2v) is 6.98. The van der Waals surface area contributed by atoms with Crippen LogP contribution in [-0.2, 0) is 13.0 Å². The van der Waals surface area contributed by atoms with E-state index in [-0.39, 0.29) is 0 Å². The molecule has 0 spiro atoms. The predicted molar refractivity (Wildman–Crippen MR) is 97.9 cm³/mol. The lowest BCUT2D eigenvalue weighted by atomic mass is 9.97. The molecule has 4 nitrogen and oxygen atoms in total. The maximum absolute atomic E-state index is 6.35. The fourth-order valence-corrected chi connectivity index (χ4v) is 3.62. The number of para-hydroxylation sites is 1. The van der Waals surface area contributed by atoms with Crippen molar-refractivity contribution in [1.82, 2.24) is 5.32 Å². The Hall–Kier alpha value is -1.91. The molecule has 1 atom stereocenters. The Kier molecular flexibility index (Phi) is 4.99. The van der Waals surface area contributed by atoms with Gasteiger partial charge in [-0.15, -0.1) is 0 Å². The summed E-state index contributed by atoms with van der Waals surface area (Å²) in [5.41, 5.74) is 2.39. The fraction of sp³-hybridized carbons (Fsp3) is 0.400. The lowest BCUT2D eigenvalue weighted by Crippen LogP contribution is -2.31. The van der Waals surface area contributed by atoms with Crippen molar-refractivity contribution in [3.63, 3.8) is 0 Å². The highest BCUT2D eigenvalue weighted by Gasteiger charge is 2.19. The first kappa shape index (κ1) is 16.6. The van der Waals surface area contributed by atoms with Crippen LogP contribution in [0.1, 0.15) is 17.5 Å². The zero-order valence-corrected chi connectivity index (χ0v) is 14.8. The normalized spacial score (nSPS) is 18.8. The van der Waals surface area contributed by atoms with E-state index in [9.17, 15) is 0 Å². The van der Waals surface area contributed by atoms with Crippen LogP contribution in [0.4, 0.5) is 0 Å². The van der Waals surface area contributed by atoms with E-state index >= 15 is 0 Å². The molecule has 2 aromatic carbocycles. The van der Waals surface area contributed by atoms with Crippen LogP contribution in [0, 0.1) is 5.92 Å². The highest BCUT2D eigenvalue weighted by atomic mass is 35.5. The minimum absolute atomic E-state index is 0.478. The van der Waals surface area contributed by atoms with Crippen LogP contribution in [0.3, 0.4) is 0 Å². The van der Waals surface area contributed by atoms with Gasteiger partial charge in [0.05, 0.1) is 24.8 Å². The zero-order valence-electron chi connectivity index (χ0n) is 14.1. The monoisotopic (exact) mass is 359 g/mol. The van der Waals surface area contributed by atoms with Gasteiger partial charge in [-0.25, -0.2) is 0 Å². The molecule has 4 rings (SSSR count). The number of hydrogen-bond acceptors (Lipinski definition) is 4. The predicted octanol–water partition coefficient (Wildman–Crippen LogP) is 3.84. The molecule has 0 fully saturated rings. The van der Waals surface area contributed by atoms with Gasteiger partial charge in [0.15, 0.2) is 11.5 Å². The molecule has 2 heterocycles. The van der Waals surface area contributed by atoms with Gasteiger partial charge in [-0.1, -0.05) is 29.8 Å². The van der Waals surface area contributed by atoms with E-state index < -0.39 is 0 Å². The lowest BCUT2D eigenvalue weighted by Gasteiger charge is -2.25. The molecule has 0 radical (unpaired) electrons. The molecule has 0 aromatic heterocycles. The van der Waals surface area contributed by atoms with E-state index in [1.165, 1.54) is 5.56 Å². The molecular weight excluding hydrogens is 338 g/mol. The molecule has 0 amide bonds. The van der Waals surface area contributed by atoms with E-state index in [1.54, 1.807) is 0 Å². The van der Waals surface area contributed by atoms with Crippen molar-refractivity contribution in [3.05, 3.63) is 52.5 Å². The first-order chi connectivity index (χ1) is 12.3. The molecule has 5 heteroatoms. The van der Waals surface area contributed by atoms with Gasteiger partial charge in [0, 0.05) is 25.4 Å². The molecular formula is C20H22ClNO3. The number of ether oxygens (including phenoxy) is 3. The van der Waals surface area contributed by atoms with Gasteiger partial charge in [-0.3, -0.25) is 0 Å². The number of benzene rings is 2. The van der Waals surface area contributed by atoms with E-state index in [4.69, 9.17) is 25.8 Å². The van der Waals surface area contributed by atoms with Crippen molar-refractivity contribution in [2.75, 3.05) is 26.4 Å². The Balaban J connectivity index is 1.35. The summed E-state index contributed by atoms with van der Waals surface area (Å²) in [4.78, 5) is 0. The average molecular weight is 360 g/mol. The third-order valence-corrected chi connectivity index (χ3v) is 4.86. The van der Waals surface area contributed by atoms with Gasteiger partial charge >= 0.3 is 0 Å². The molecule has 0 bridgehead atoms. The molecule has 0 aliphatic carbocycles. The molecule has 2 aliphatic heterocycles. The van der Waals surface area contributed by atoms with Crippen molar-refractivity contribution in [2.24, 2.45) is 5.92 Å². The van der Waals surface area contributed by atoms with Crippen LogP contribution in [0.5, 0.6) is 17.2 Å². The smallest absolute Gasteiger partial charge is 0.179 e. The summed E-state index contributed by atoms with van der Waals surface area (Å²) in [6, 6.07) is 12.2. The second kappa shape index (κ2) is 7.54. The van der Waals surface area contributed by atoms with Crippen LogP contribution < -0.4 is 19.5 Å². The van der Waals surface area contributed by atoms with Crippen LogP contribution in [0.25, 0.3) is 0 Å². The molecule has 2 aromatic rings. The van der Waals surface area contributed by atoms with Crippen molar-refractivity contribution < 1.29 is 14.2 Å². The summed E-state index contributed by atoms with van der Waals surface area (Å²) >= 11 is 6.35. The summed E-state index contributed by atoms with van der Waals surface area (Å²) in [5, 5.41) is 4.13. The molecule has 0 saturated heterocycles. The fourth-order valence-electron chi connectivity index (χ4n) is 3.33. The highest BCUT2D eigenvalue weighted by Crippen LogP contribution is 2.38. The molecule has 1 unspecified atom stereocenters. The van der Waals surface area contributed by atoms with Gasteiger partial charge in [-0.05, 0) is 35.7 Å². The molecule has 2 aliphatic rings. The Morgan fingerprint density at radius 2 is 1.92 bits per heavy atom. The maximum atomic E-state index is 6.35. The standard InChI is InChI=1S/C20H22ClNO3/c21-17-9-14(10-19-20(17)24-7-3-6-23-19)11-22-12-15-8-16-4-1-2-5-18(16)25-13-15/h1-2,4-5,9-10,15,22H,3,6-8,11-13H2. The van der Waals surface area contributed by atoms with Gasteiger partial charge in [-0.2, -0.15) is 0 Å². The Labute approximate surface area is 153 Å². The SMILES string of the molecule is Clc1cc(CNCC2COc3ccccc3C2)cc2c1OCCCO2. The molecule has 1 N–H and O–H groups in total. The van der Waals surface area contributed by atoms with E-state index in [0.29, 0.717) is 29.9 Å². The van der Waals surface area contributed by atoms with Crippen molar-refractivity contribution >= 4 is 11.6 Å². The Morgan fingerprint density at radius 3 is 2.88 bits per heavy atom. The van der Waals surface area contributed by atoms with Crippen molar-refractivity contribution in [1.29, 1.82) is 0 Å². The number of halogens is 1. The third kappa shape index (κ3) is 3.86. The summed E-state index contributed by atoms with van der Waals surface area (Å²) in [6.45, 7) is 3.72. The van der Waals surface area contributed by atoms with Crippen molar-refractivity contribution in [3.8, 4) is 17.2 Å². The Morgan fingerprint density at radius 1 is 1.04 bits per heavy atom. The zero-order chi connectivity index (χ0) is 17.1. The van der Waals surface area contributed by atoms with E-state index in [0.717, 1.165) is 49.6 Å². The first-order valence-electron chi connectivity index (χ1n) is 8.79. The van der Waals surface area contributed by atoms with Gasteiger partial charge in [0.1, 0.15) is 5.75 Å². The number of hydrogen-bond donors (Lipinski definition) is 1. The first-order valence-corrected chi connectivity index (χ1v) is 9.17. The lowest BCUT2D eigenvalue weighted by molar-refractivity contribution is 0.218. The van der Waals surface area contributed by atoms with Gasteiger partial charge < -0.3 is 19.5 Å². The number of rotatable bonds is 4. The summed E-state index contributed by atoms with van der Waals surface area (Å²) in [6.07, 6.45) is 1.92. The van der Waals surface area contributed by atoms with Gasteiger partial charge in [0.25, 0.3) is 0 Å². The van der Waals surface area contributed by atoms with Crippen LogP contribution in [-0.4, -0.2) is 26.4 Å². The largest absolute Gasteiger partial charge is 0.493 e. The summed E-state index contributed by atoms with van der Waals surface area (Å²) in [7, 11) is 0. The van der Waals surface area contributed by atoms with E-state index in [2.05, 4.69) is 17.4 Å². The quantitative estimate of drug-likeness (QED) is 0.900. The van der Waals surface area contributed by atoms with E-state index in [1.807, 2.05) is 24.3 Å². The topological polar surface area (TPSA) is 39.7 Å². The minimum atomic E-state index is 0.478. The summed E-state index contributed by atoms with van der Waals surface area (Å²) in [5.74, 6) is 2.91. The van der Waals surface area contributed by atoms with Gasteiger partial charge in [0.2, 0.25) is 0 Å². The molecule has 0 saturated carbocycles. The minimum Gasteiger partial charge on any atom is -0.493 e. The van der Waals surface area contributed by atoms with Crippen molar-refractivity contribution in [2.45, 2.75) is 19.4 Å². The Bertz CT molecular complexity index is 750. The maximum Gasteiger partial charge on any atom is 0.179 e. The highest BCUT2D eigenvalue weighted by molar-refractivity contribution is 6.32. The molecule has 25 heavy (non-hydrogen) atoms. The molecule has 132 valence electrons. The average Bonchev–Trinajstić information content (AvgIpc) is 2.87. The second-order valence-electron chi connectivity index (χ2n) is 6.58.